The molecule has 0 saturated carbocycles. The predicted octanol–water partition coefficient (Wildman–Crippen LogP) is 1.25. The zero-order chi connectivity index (χ0) is 12.1. The van der Waals surface area contributed by atoms with Gasteiger partial charge in [-0.1, -0.05) is 0 Å². The van der Waals surface area contributed by atoms with E-state index in [4.69, 9.17) is 13.9 Å². The molecule has 0 aromatic carbocycles. The first kappa shape index (κ1) is 12.7. The van der Waals surface area contributed by atoms with Gasteiger partial charge >= 0.3 is 0 Å². The van der Waals surface area contributed by atoms with Gasteiger partial charge in [0.15, 0.2) is 6.29 Å². The second-order valence-corrected chi connectivity index (χ2v) is 3.44. The molecule has 1 N–H and O–H groups in total. The molecule has 1 rings (SSSR count). The summed E-state index contributed by atoms with van der Waals surface area (Å²) >= 11 is 0. The number of methoxy groups -OCH3 is 2. The Bertz CT molecular complexity index is 355. The summed E-state index contributed by atoms with van der Waals surface area (Å²) in [5.74, 6) is 1.15. The smallest absolute Gasteiger partial charge is 0.255 e. The third kappa shape index (κ3) is 3.08. The van der Waals surface area contributed by atoms with Gasteiger partial charge in [0.1, 0.15) is 11.5 Å². The van der Waals surface area contributed by atoms with Crippen molar-refractivity contribution in [2.24, 2.45) is 0 Å². The van der Waals surface area contributed by atoms with Crippen LogP contribution in [0, 0.1) is 13.8 Å². The highest BCUT2D eigenvalue weighted by molar-refractivity contribution is 5.95. The molecule has 1 aromatic rings. The number of rotatable bonds is 5. The minimum Gasteiger partial charge on any atom is -0.466 e. The van der Waals surface area contributed by atoms with E-state index in [9.17, 15) is 4.79 Å². The van der Waals surface area contributed by atoms with Crippen molar-refractivity contribution in [3.8, 4) is 0 Å². The normalized spacial score (nSPS) is 10.8. The molecule has 0 atom stereocenters. The maximum Gasteiger partial charge on any atom is 0.255 e. The molecule has 5 heteroatoms. The van der Waals surface area contributed by atoms with Gasteiger partial charge in [-0.05, 0) is 19.9 Å². The molecule has 0 fully saturated rings. The van der Waals surface area contributed by atoms with Crippen molar-refractivity contribution >= 4 is 5.91 Å². The highest BCUT2D eigenvalue weighted by Crippen LogP contribution is 2.13. The van der Waals surface area contributed by atoms with Gasteiger partial charge in [-0.25, -0.2) is 0 Å². The number of amides is 1. The van der Waals surface area contributed by atoms with Crippen molar-refractivity contribution in [3.63, 3.8) is 0 Å². The van der Waals surface area contributed by atoms with Crippen molar-refractivity contribution in [2.45, 2.75) is 20.1 Å². The summed E-state index contributed by atoms with van der Waals surface area (Å²) < 4.78 is 15.2. The van der Waals surface area contributed by atoms with E-state index < -0.39 is 6.29 Å². The Morgan fingerprint density at radius 3 is 2.50 bits per heavy atom. The van der Waals surface area contributed by atoms with E-state index in [0.29, 0.717) is 17.9 Å². The highest BCUT2D eigenvalue weighted by Gasteiger charge is 2.14. The van der Waals surface area contributed by atoms with Gasteiger partial charge in [0.2, 0.25) is 0 Å². The molecule has 1 amide bonds. The molecule has 0 spiro atoms. The number of nitrogens with one attached hydrogen (secondary N) is 1. The predicted molar refractivity (Wildman–Crippen MR) is 58.3 cm³/mol. The van der Waals surface area contributed by atoms with Crippen LogP contribution in [0.3, 0.4) is 0 Å². The lowest BCUT2D eigenvalue weighted by atomic mass is 10.2. The molecule has 90 valence electrons. The quantitative estimate of drug-likeness (QED) is 0.769. The number of hydrogen-bond acceptors (Lipinski definition) is 4. The summed E-state index contributed by atoms with van der Waals surface area (Å²) in [6.45, 7) is 3.86. The van der Waals surface area contributed by atoms with Crippen molar-refractivity contribution in [1.82, 2.24) is 5.32 Å². The van der Waals surface area contributed by atoms with E-state index in [2.05, 4.69) is 5.32 Å². The number of aryl methyl sites for hydroxylation is 2. The summed E-state index contributed by atoms with van der Waals surface area (Å²) in [5, 5.41) is 2.71. The van der Waals surface area contributed by atoms with E-state index in [1.54, 1.807) is 19.9 Å². The number of furan rings is 1. The molecule has 1 heterocycles. The van der Waals surface area contributed by atoms with Gasteiger partial charge in [0.25, 0.3) is 5.91 Å². The third-order valence-electron chi connectivity index (χ3n) is 2.24. The molecule has 0 bridgehead atoms. The topological polar surface area (TPSA) is 60.7 Å². The second-order valence-electron chi connectivity index (χ2n) is 3.44. The summed E-state index contributed by atoms with van der Waals surface area (Å²) in [6.07, 6.45) is -0.433. The molecular weight excluding hydrogens is 210 g/mol. The molecule has 16 heavy (non-hydrogen) atoms. The Kier molecular flexibility index (Phi) is 4.52. The third-order valence-corrected chi connectivity index (χ3v) is 2.24. The molecule has 0 aliphatic rings. The van der Waals surface area contributed by atoms with Crippen LogP contribution in [0.5, 0.6) is 0 Å². The van der Waals surface area contributed by atoms with Crippen LogP contribution in [0.15, 0.2) is 10.5 Å². The van der Waals surface area contributed by atoms with Crippen molar-refractivity contribution in [2.75, 3.05) is 20.8 Å². The molecule has 1 aromatic heterocycles. The van der Waals surface area contributed by atoms with Crippen LogP contribution in [0.25, 0.3) is 0 Å². The van der Waals surface area contributed by atoms with Gasteiger partial charge in [0.05, 0.1) is 12.1 Å². The number of carbonyl (C=O) groups is 1. The molecule has 0 aliphatic heterocycles. The molecule has 0 radical (unpaired) electrons. The molecular formula is C11H17NO4. The Balaban J connectivity index is 2.56. The van der Waals surface area contributed by atoms with Crippen molar-refractivity contribution < 1.29 is 18.7 Å². The zero-order valence-electron chi connectivity index (χ0n) is 9.99. The number of carbonyl (C=O) groups excluding carboxylic acids is 1. The van der Waals surface area contributed by atoms with Gasteiger partial charge in [-0.3, -0.25) is 4.79 Å². The van der Waals surface area contributed by atoms with Crippen LogP contribution < -0.4 is 5.32 Å². The lowest BCUT2D eigenvalue weighted by Gasteiger charge is -2.13. The van der Waals surface area contributed by atoms with Crippen LogP contribution in [0.4, 0.5) is 0 Å². The largest absolute Gasteiger partial charge is 0.466 e. The summed E-state index contributed by atoms with van der Waals surface area (Å²) in [5.41, 5.74) is 0.545. The summed E-state index contributed by atoms with van der Waals surface area (Å²) in [6, 6.07) is 1.71. The van der Waals surface area contributed by atoms with E-state index in [0.717, 1.165) is 5.76 Å². The Morgan fingerprint density at radius 2 is 2.06 bits per heavy atom. The fraction of sp³-hybridized carbons (Fsp3) is 0.545. The van der Waals surface area contributed by atoms with Gasteiger partial charge in [-0.15, -0.1) is 0 Å². The van der Waals surface area contributed by atoms with Crippen LogP contribution in [-0.2, 0) is 9.47 Å². The first-order valence-corrected chi connectivity index (χ1v) is 4.99. The van der Waals surface area contributed by atoms with Crippen LogP contribution in [-0.4, -0.2) is 33.0 Å². The fourth-order valence-electron chi connectivity index (χ4n) is 1.39. The van der Waals surface area contributed by atoms with Crippen molar-refractivity contribution in [3.05, 3.63) is 23.2 Å². The maximum atomic E-state index is 11.7. The van der Waals surface area contributed by atoms with Gasteiger partial charge in [-0.2, -0.15) is 0 Å². The fourth-order valence-corrected chi connectivity index (χ4v) is 1.39. The van der Waals surface area contributed by atoms with Crippen LogP contribution >= 0.6 is 0 Å². The summed E-state index contributed by atoms with van der Waals surface area (Å²) in [4.78, 5) is 11.7. The minimum absolute atomic E-state index is 0.187. The Labute approximate surface area is 94.7 Å². The SMILES string of the molecule is COC(CNC(=O)c1cc(C)oc1C)OC. The number of ether oxygens (including phenoxy) is 2. The second kappa shape index (κ2) is 5.67. The maximum absolute atomic E-state index is 11.7. The Hall–Kier alpha value is -1.33. The monoisotopic (exact) mass is 227 g/mol. The molecule has 0 aliphatic carbocycles. The first-order chi connectivity index (χ1) is 7.58. The van der Waals surface area contributed by atoms with Crippen LogP contribution in [0.1, 0.15) is 21.9 Å². The van der Waals surface area contributed by atoms with Gasteiger partial charge in [0, 0.05) is 14.2 Å². The van der Waals surface area contributed by atoms with Gasteiger partial charge < -0.3 is 19.2 Å². The van der Waals surface area contributed by atoms with Crippen LogP contribution in [0.2, 0.25) is 0 Å². The van der Waals surface area contributed by atoms with E-state index in [1.807, 2.05) is 0 Å². The van der Waals surface area contributed by atoms with E-state index in [1.165, 1.54) is 14.2 Å². The lowest BCUT2D eigenvalue weighted by Crippen LogP contribution is -2.34. The summed E-state index contributed by atoms with van der Waals surface area (Å²) in [7, 11) is 3.04. The number of hydrogen-bond donors (Lipinski definition) is 1. The highest BCUT2D eigenvalue weighted by atomic mass is 16.7. The van der Waals surface area contributed by atoms with Crippen molar-refractivity contribution in [1.29, 1.82) is 0 Å². The molecule has 5 nitrogen and oxygen atoms in total. The average molecular weight is 227 g/mol. The zero-order valence-corrected chi connectivity index (χ0v) is 9.99. The minimum atomic E-state index is -0.433. The Morgan fingerprint density at radius 1 is 1.44 bits per heavy atom. The first-order valence-electron chi connectivity index (χ1n) is 4.99. The standard InChI is InChI=1S/C11H17NO4/c1-7-5-9(8(2)16-7)11(13)12-6-10(14-3)15-4/h5,10H,6H2,1-4H3,(H,12,13). The molecule has 0 saturated heterocycles. The average Bonchev–Trinajstić information content (AvgIpc) is 2.59. The van der Waals surface area contributed by atoms with E-state index >= 15 is 0 Å². The molecule has 0 unspecified atom stereocenters. The lowest BCUT2D eigenvalue weighted by molar-refractivity contribution is -0.0974. The van der Waals surface area contributed by atoms with E-state index in [-0.39, 0.29) is 5.91 Å².